The Kier molecular flexibility index (Phi) is 5.90. The zero-order chi connectivity index (χ0) is 22.0. The van der Waals surface area contributed by atoms with Crippen LogP contribution in [0.1, 0.15) is 41.6 Å². The van der Waals surface area contributed by atoms with Gasteiger partial charge in [0.2, 0.25) is 0 Å². The van der Waals surface area contributed by atoms with Gasteiger partial charge in [-0.2, -0.15) is 0 Å². The number of halogens is 1. The topological polar surface area (TPSA) is 104 Å². The Balaban J connectivity index is 1.62. The zero-order valence-corrected chi connectivity index (χ0v) is 16.8. The molecule has 0 unspecified atom stereocenters. The van der Waals surface area contributed by atoms with Crippen LogP contribution in [0.25, 0.3) is 10.9 Å². The number of aliphatic hydroxyl groups is 1. The molecule has 31 heavy (non-hydrogen) atoms. The minimum Gasteiger partial charge on any atom is -0.465 e. The van der Waals surface area contributed by atoms with E-state index < -0.39 is 23.9 Å². The Bertz CT molecular complexity index is 1110. The first-order valence-electron chi connectivity index (χ1n) is 10.3. The third kappa shape index (κ3) is 4.54. The lowest BCUT2D eigenvalue weighted by atomic mass is 9.92. The number of hydrogen-bond donors (Lipinski definition) is 4. The first-order valence-corrected chi connectivity index (χ1v) is 10.3. The zero-order valence-electron chi connectivity index (χ0n) is 16.8. The first-order chi connectivity index (χ1) is 14.9. The molecule has 0 bridgehead atoms. The molecule has 2 amide bonds. The van der Waals surface area contributed by atoms with Gasteiger partial charge in [-0.05, 0) is 42.7 Å². The van der Waals surface area contributed by atoms with Crippen LogP contribution in [0.15, 0.2) is 48.7 Å². The van der Waals surface area contributed by atoms with Gasteiger partial charge in [-0.3, -0.25) is 10.1 Å². The summed E-state index contributed by atoms with van der Waals surface area (Å²) in [5, 5.41) is 24.4. The van der Waals surface area contributed by atoms with Crippen LogP contribution in [0.4, 0.5) is 14.9 Å². The standard InChI is InChI=1S/C23H24FN3O4/c24-17-4-3-6-19-21(17)16(22(29)26-18-5-1-2-7-20(18)28)13-27(19)12-14-8-10-15(11-9-14)25-23(30)31/h3-4,6,8-11,13,18,20,25,28H,1-2,5,7,12H2,(H,26,29)(H,30,31)/t18-,20-/m0/s1. The van der Waals surface area contributed by atoms with Crippen LogP contribution in [0.2, 0.25) is 0 Å². The van der Waals surface area contributed by atoms with E-state index in [1.54, 1.807) is 47.2 Å². The summed E-state index contributed by atoms with van der Waals surface area (Å²) in [6.07, 6.45) is 3.11. The normalized spacial score (nSPS) is 18.6. The van der Waals surface area contributed by atoms with Crippen LogP contribution in [-0.4, -0.2) is 38.9 Å². The fraction of sp³-hybridized carbons (Fsp3) is 0.304. The summed E-state index contributed by atoms with van der Waals surface area (Å²) in [5.41, 5.74) is 2.13. The van der Waals surface area contributed by atoms with Gasteiger partial charge in [0, 0.05) is 23.8 Å². The van der Waals surface area contributed by atoms with Gasteiger partial charge in [0.15, 0.2) is 0 Å². The van der Waals surface area contributed by atoms with E-state index in [2.05, 4.69) is 10.6 Å². The highest BCUT2D eigenvalue weighted by Crippen LogP contribution is 2.27. The van der Waals surface area contributed by atoms with Crippen LogP contribution < -0.4 is 10.6 Å². The summed E-state index contributed by atoms with van der Waals surface area (Å²) < 4.78 is 16.5. The molecule has 4 rings (SSSR count). The van der Waals surface area contributed by atoms with Crippen LogP contribution >= 0.6 is 0 Å². The van der Waals surface area contributed by atoms with Crippen molar-refractivity contribution in [2.24, 2.45) is 0 Å². The van der Waals surface area contributed by atoms with E-state index in [1.165, 1.54) is 6.07 Å². The highest BCUT2D eigenvalue weighted by molar-refractivity contribution is 6.07. The summed E-state index contributed by atoms with van der Waals surface area (Å²) in [6.45, 7) is 0.382. The fourth-order valence-electron chi connectivity index (χ4n) is 4.15. The third-order valence-corrected chi connectivity index (χ3v) is 5.70. The summed E-state index contributed by atoms with van der Waals surface area (Å²) >= 11 is 0. The van der Waals surface area contributed by atoms with E-state index in [9.17, 15) is 19.1 Å². The Labute approximate surface area is 178 Å². The van der Waals surface area contributed by atoms with Gasteiger partial charge in [0.1, 0.15) is 5.82 Å². The van der Waals surface area contributed by atoms with Crippen molar-refractivity contribution in [3.63, 3.8) is 0 Å². The predicted octanol–water partition coefficient (Wildman–Crippen LogP) is 3.95. The molecule has 4 N–H and O–H groups in total. The van der Waals surface area contributed by atoms with Crippen molar-refractivity contribution in [2.75, 3.05) is 5.32 Å². The number of carbonyl (C=O) groups excluding carboxylic acids is 1. The maximum Gasteiger partial charge on any atom is 0.409 e. The van der Waals surface area contributed by atoms with Gasteiger partial charge in [-0.25, -0.2) is 9.18 Å². The second-order valence-corrected chi connectivity index (χ2v) is 7.86. The molecular formula is C23H24FN3O4. The molecule has 0 radical (unpaired) electrons. The fourth-order valence-corrected chi connectivity index (χ4v) is 4.15. The number of carboxylic acid groups (broad SMARTS) is 1. The summed E-state index contributed by atoms with van der Waals surface area (Å²) in [5.74, 6) is -0.882. The number of rotatable bonds is 5. The number of nitrogens with zero attached hydrogens (tertiary/aromatic N) is 1. The lowest BCUT2D eigenvalue weighted by Gasteiger charge is -2.28. The van der Waals surface area contributed by atoms with Crippen molar-refractivity contribution in [3.05, 3.63) is 65.6 Å². The van der Waals surface area contributed by atoms with E-state index in [0.29, 0.717) is 30.6 Å². The monoisotopic (exact) mass is 425 g/mol. The van der Waals surface area contributed by atoms with Crippen LogP contribution in [0.5, 0.6) is 0 Å². The van der Waals surface area contributed by atoms with Crippen LogP contribution in [-0.2, 0) is 6.54 Å². The summed E-state index contributed by atoms with van der Waals surface area (Å²) in [4.78, 5) is 23.7. The molecule has 2 atom stereocenters. The molecule has 3 aromatic rings. The number of benzene rings is 2. The van der Waals surface area contributed by atoms with Gasteiger partial charge in [-0.1, -0.05) is 31.0 Å². The number of aromatic nitrogens is 1. The van der Waals surface area contributed by atoms with E-state index in [1.807, 2.05) is 0 Å². The van der Waals surface area contributed by atoms with Gasteiger partial charge >= 0.3 is 6.09 Å². The van der Waals surface area contributed by atoms with Crippen molar-refractivity contribution in [1.29, 1.82) is 0 Å². The van der Waals surface area contributed by atoms with E-state index in [-0.39, 0.29) is 17.0 Å². The van der Waals surface area contributed by atoms with E-state index >= 15 is 0 Å². The molecule has 2 aromatic carbocycles. The van der Waals surface area contributed by atoms with Crippen molar-refractivity contribution in [1.82, 2.24) is 9.88 Å². The average molecular weight is 425 g/mol. The third-order valence-electron chi connectivity index (χ3n) is 5.70. The molecule has 1 aliphatic rings. The van der Waals surface area contributed by atoms with Crippen molar-refractivity contribution in [3.8, 4) is 0 Å². The minimum absolute atomic E-state index is 0.232. The van der Waals surface area contributed by atoms with E-state index in [4.69, 9.17) is 5.11 Å². The number of aliphatic hydroxyl groups excluding tert-OH is 1. The maximum absolute atomic E-state index is 14.7. The Morgan fingerprint density at radius 3 is 2.55 bits per heavy atom. The second-order valence-electron chi connectivity index (χ2n) is 7.86. The Morgan fingerprint density at radius 1 is 1.10 bits per heavy atom. The summed E-state index contributed by atoms with van der Waals surface area (Å²) in [6, 6.07) is 11.2. The SMILES string of the molecule is O=C(O)Nc1ccc(Cn2cc(C(=O)N[C@H]3CCCC[C@@H]3O)c3c(F)cccc32)cc1. The molecule has 1 heterocycles. The molecule has 1 aliphatic carbocycles. The average Bonchev–Trinajstić information content (AvgIpc) is 3.11. The van der Waals surface area contributed by atoms with Crippen LogP contribution in [0, 0.1) is 5.82 Å². The van der Waals surface area contributed by atoms with Gasteiger partial charge in [0.05, 0.1) is 23.2 Å². The molecule has 8 heteroatoms. The van der Waals surface area contributed by atoms with Crippen molar-refractivity contribution in [2.45, 2.75) is 44.4 Å². The number of fused-ring (bicyclic) bond motifs is 1. The number of hydrogen-bond acceptors (Lipinski definition) is 3. The number of carbonyl (C=O) groups is 2. The minimum atomic E-state index is -1.14. The molecule has 0 aliphatic heterocycles. The van der Waals surface area contributed by atoms with E-state index in [0.717, 1.165) is 18.4 Å². The highest BCUT2D eigenvalue weighted by atomic mass is 19.1. The largest absolute Gasteiger partial charge is 0.465 e. The molecule has 7 nitrogen and oxygen atoms in total. The number of amides is 2. The molecule has 0 spiro atoms. The van der Waals surface area contributed by atoms with Crippen molar-refractivity contribution >= 4 is 28.6 Å². The molecular weight excluding hydrogens is 401 g/mol. The number of anilines is 1. The second kappa shape index (κ2) is 8.77. The quantitative estimate of drug-likeness (QED) is 0.497. The Hall–Kier alpha value is -3.39. The predicted molar refractivity (Wildman–Crippen MR) is 115 cm³/mol. The molecule has 0 saturated heterocycles. The molecule has 1 fully saturated rings. The molecule has 162 valence electrons. The van der Waals surface area contributed by atoms with Gasteiger partial charge < -0.3 is 20.1 Å². The maximum atomic E-state index is 14.7. The molecule has 1 saturated carbocycles. The number of nitrogens with one attached hydrogen (secondary N) is 2. The van der Waals surface area contributed by atoms with Gasteiger partial charge in [-0.15, -0.1) is 0 Å². The lowest BCUT2D eigenvalue weighted by Crippen LogP contribution is -2.45. The molecule has 1 aromatic heterocycles. The lowest BCUT2D eigenvalue weighted by molar-refractivity contribution is 0.0718. The first kappa shape index (κ1) is 20.9. The highest BCUT2D eigenvalue weighted by Gasteiger charge is 2.27. The van der Waals surface area contributed by atoms with Crippen molar-refractivity contribution < 1.29 is 24.2 Å². The van der Waals surface area contributed by atoms with Gasteiger partial charge in [0.25, 0.3) is 5.91 Å². The van der Waals surface area contributed by atoms with Crippen LogP contribution in [0.3, 0.4) is 0 Å². The smallest absolute Gasteiger partial charge is 0.409 e. The Morgan fingerprint density at radius 2 is 1.84 bits per heavy atom. The summed E-state index contributed by atoms with van der Waals surface area (Å²) in [7, 11) is 0.